The largest absolute Gasteiger partial charge is 0.497 e. The van der Waals surface area contributed by atoms with E-state index < -0.39 is 17.6 Å². The van der Waals surface area contributed by atoms with E-state index in [0.29, 0.717) is 29.2 Å². The van der Waals surface area contributed by atoms with Crippen molar-refractivity contribution in [2.75, 3.05) is 23.5 Å². The van der Waals surface area contributed by atoms with Gasteiger partial charge in [-0.05, 0) is 54.3 Å². The highest BCUT2D eigenvalue weighted by Gasteiger charge is 2.43. The molecular formula is C26H21FN2O3. The molecule has 2 aliphatic rings. The third-order valence-electron chi connectivity index (χ3n) is 5.88. The van der Waals surface area contributed by atoms with Crippen LogP contribution in [0.1, 0.15) is 17.5 Å². The lowest BCUT2D eigenvalue weighted by Gasteiger charge is -2.32. The van der Waals surface area contributed by atoms with Gasteiger partial charge in [0.15, 0.2) is 0 Å². The maximum atomic E-state index is 13.8. The normalized spacial score (nSPS) is 15.9. The van der Waals surface area contributed by atoms with Crippen LogP contribution in [-0.4, -0.2) is 25.5 Å². The number of hydrogen-bond acceptors (Lipinski definition) is 4. The number of anilines is 2. The van der Waals surface area contributed by atoms with Crippen molar-refractivity contribution in [1.29, 1.82) is 0 Å². The smallest absolute Gasteiger partial charge is 0.282 e. The number of imide groups is 1. The van der Waals surface area contributed by atoms with E-state index >= 15 is 0 Å². The van der Waals surface area contributed by atoms with Crippen LogP contribution in [0.25, 0.3) is 5.57 Å². The number of rotatable bonds is 4. The maximum Gasteiger partial charge on any atom is 0.282 e. The summed E-state index contributed by atoms with van der Waals surface area (Å²) in [5.41, 5.74) is 3.57. The standard InChI is InChI=1S/C26H21FN2O3/c1-32-21-9-4-8-20(16-21)29-25(30)23(18-11-13-19(27)14-12-18)24(26(29)31)28-15-5-7-17-6-2-3-10-22(17)28/h2-4,6,8-14,16H,5,7,15H2,1H3. The molecule has 0 atom stereocenters. The number of carbonyl (C=O) groups excluding carboxylic acids is 2. The number of amides is 2. The van der Waals surface area contributed by atoms with Gasteiger partial charge in [0.25, 0.3) is 11.8 Å². The van der Waals surface area contributed by atoms with Gasteiger partial charge in [-0.15, -0.1) is 0 Å². The first kappa shape index (κ1) is 20.0. The van der Waals surface area contributed by atoms with Gasteiger partial charge in [0.1, 0.15) is 17.3 Å². The molecule has 0 saturated carbocycles. The Balaban J connectivity index is 1.69. The molecule has 5 nitrogen and oxygen atoms in total. The van der Waals surface area contributed by atoms with E-state index in [4.69, 9.17) is 4.74 Å². The fourth-order valence-electron chi connectivity index (χ4n) is 4.40. The average molecular weight is 428 g/mol. The van der Waals surface area contributed by atoms with Crippen molar-refractivity contribution in [3.8, 4) is 5.75 Å². The molecule has 0 spiro atoms. The summed E-state index contributed by atoms with van der Waals surface area (Å²) in [5.74, 6) is -0.698. The molecule has 3 aromatic carbocycles. The number of carbonyl (C=O) groups is 2. The van der Waals surface area contributed by atoms with E-state index in [0.717, 1.165) is 24.1 Å². The summed E-state index contributed by atoms with van der Waals surface area (Å²) in [5, 5.41) is 0. The van der Waals surface area contributed by atoms with E-state index in [1.54, 1.807) is 36.4 Å². The van der Waals surface area contributed by atoms with Gasteiger partial charge in [0.2, 0.25) is 0 Å². The van der Waals surface area contributed by atoms with Crippen LogP contribution in [-0.2, 0) is 16.0 Å². The van der Waals surface area contributed by atoms with Gasteiger partial charge in [-0.1, -0.05) is 36.4 Å². The number of aryl methyl sites for hydroxylation is 1. The number of benzene rings is 3. The molecule has 32 heavy (non-hydrogen) atoms. The molecule has 0 aromatic heterocycles. The molecule has 3 aromatic rings. The van der Waals surface area contributed by atoms with E-state index in [-0.39, 0.29) is 5.57 Å². The van der Waals surface area contributed by atoms with Gasteiger partial charge < -0.3 is 9.64 Å². The topological polar surface area (TPSA) is 49.9 Å². The molecule has 0 fully saturated rings. The van der Waals surface area contributed by atoms with E-state index in [1.165, 1.54) is 24.1 Å². The van der Waals surface area contributed by atoms with Crippen LogP contribution in [0.2, 0.25) is 0 Å². The Morgan fingerprint density at radius 3 is 2.47 bits per heavy atom. The number of para-hydroxylation sites is 1. The summed E-state index contributed by atoms with van der Waals surface area (Å²) in [4.78, 5) is 30.5. The average Bonchev–Trinajstić information content (AvgIpc) is 3.09. The van der Waals surface area contributed by atoms with Crippen molar-refractivity contribution < 1.29 is 18.7 Å². The van der Waals surface area contributed by atoms with Crippen LogP contribution in [0.4, 0.5) is 15.8 Å². The Kier molecular flexibility index (Phi) is 4.98. The van der Waals surface area contributed by atoms with Crippen molar-refractivity contribution in [2.45, 2.75) is 12.8 Å². The zero-order valence-electron chi connectivity index (χ0n) is 17.5. The first-order valence-corrected chi connectivity index (χ1v) is 10.5. The Hall–Kier alpha value is -3.93. The molecule has 160 valence electrons. The second-order valence-corrected chi connectivity index (χ2v) is 7.76. The van der Waals surface area contributed by atoms with Gasteiger partial charge >= 0.3 is 0 Å². The van der Waals surface area contributed by atoms with Gasteiger partial charge in [0, 0.05) is 18.3 Å². The second kappa shape index (κ2) is 7.96. The molecule has 0 bridgehead atoms. The number of ether oxygens (including phenoxy) is 1. The van der Waals surface area contributed by atoms with Crippen LogP contribution in [0, 0.1) is 5.82 Å². The lowest BCUT2D eigenvalue weighted by molar-refractivity contribution is -0.120. The Morgan fingerprint density at radius 2 is 1.69 bits per heavy atom. The van der Waals surface area contributed by atoms with Crippen molar-refractivity contribution in [3.63, 3.8) is 0 Å². The van der Waals surface area contributed by atoms with Gasteiger partial charge in [-0.25, -0.2) is 9.29 Å². The fourth-order valence-corrected chi connectivity index (χ4v) is 4.40. The minimum absolute atomic E-state index is 0.273. The predicted octanol–water partition coefficient (Wildman–Crippen LogP) is 4.57. The summed E-state index contributed by atoms with van der Waals surface area (Å²) in [6, 6.07) is 20.5. The lowest BCUT2D eigenvalue weighted by Crippen LogP contribution is -2.37. The third-order valence-corrected chi connectivity index (χ3v) is 5.88. The van der Waals surface area contributed by atoms with Crippen LogP contribution in [0.5, 0.6) is 5.75 Å². The maximum absolute atomic E-state index is 13.8. The fraction of sp³-hybridized carbons (Fsp3) is 0.154. The molecule has 6 heteroatoms. The summed E-state index contributed by atoms with van der Waals surface area (Å²) in [6.07, 6.45) is 1.77. The Morgan fingerprint density at radius 1 is 0.906 bits per heavy atom. The molecular weight excluding hydrogens is 407 g/mol. The quantitative estimate of drug-likeness (QED) is 0.571. The lowest BCUT2D eigenvalue weighted by atomic mass is 9.98. The van der Waals surface area contributed by atoms with E-state index in [2.05, 4.69) is 0 Å². The molecule has 0 unspecified atom stereocenters. The highest BCUT2D eigenvalue weighted by atomic mass is 19.1. The molecule has 5 rings (SSSR count). The summed E-state index contributed by atoms with van der Waals surface area (Å²) >= 11 is 0. The number of hydrogen-bond donors (Lipinski definition) is 0. The zero-order chi connectivity index (χ0) is 22.2. The summed E-state index contributed by atoms with van der Waals surface area (Å²) < 4.78 is 18.9. The van der Waals surface area contributed by atoms with Gasteiger partial charge in [0.05, 0.1) is 18.4 Å². The van der Waals surface area contributed by atoms with Crippen molar-refractivity contribution >= 4 is 28.8 Å². The summed E-state index contributed by atoms with van der Waals surface area (Å²) in [7, 11) is 1.53. The highest BCUT2D eigenvalue weighted by Crippen LogP contribution is 2.40. The highest BCUT2D eigenvalue weighted by molar-refractivity contribution is 6.46. The second-order valence-electron chi connectivity index (χ2n) is 7.76. The van der Waals surface area contributed by atoms with Crippen LogP contribution in [0.15, 0.2) is 78.5 Å². The molecule has 0 saturated heterocycles. The monoisotopic (exact) mass is 428 g/mol. The molecule has 2 aliphatic heterocycles. The first-order chi connectivity index (χ1) is 15.6. The van der Waals surface area contributed by atoms with Crippen molar-refractivity contribution in [3.05, 3.63) is 95.4 Å². The van der Waals surface area contributed by atoms with Crippen molar-refractivity contribution in [1.82, 2.24) is 0 Å². The number of fused-ring (bicyclic) bond motifs is 1. The SMILES string of the molecule is COc1cccc(N2C(=O)C(c3ccc(F)cc3)=C(N3CCCc4ccccc43)C2=O)c1. The molecule has 0 N–H and O–H groups in total. The van der Waals surface area contributed by atoms with E-state index in [1.807, 2.05) is 29.2 Å². The molecule has 0 radical (unpaired) electrons. The van der Waals surface area contributed by atoms with Crippen LogP contribution in [0.3, 0.4) is 0 Å². The number of nitrogens with zero attached hydrogens (tertiary/aromatic N) is 2. The van der Waals surface area contributed by atoms with Crippen LogP contribution >= 0.6 is 0 Å². The first-order valence-electron chi connectivity index (χ1n) is 10.5. The van der Waals surface area contributed by atoms with Gasteiger partial charge in [-0.3, -0.25) is 9.59 Å². The number of methoxy groups -OCH3 is 1. The van der Waals surface area contributed by atoms with Crippen molar-refractivity contribution in [2.24, 2.45) is 0 Å². The van der Waals surface area contributed by atoms with E-state index in [9.17, 15) is 14.0 Å². The summed E-state index contributed by atoms with van der Waals surface area (Å²) in [6.45, 7) is 0.613. The number of halogens is 1. The Bertz CT molecular complexity index is 1250. The molecule has 2 amide bonds. The molecule has 0 aliphatic carbocycles. The minimum atomic E-state index is -0.437. The van der Waals surface area contributed by atoms with Crippen LogP contribution < -0.4 is 14.5 Å². The predicted molar refractivity (Wildman–Crippen MR) is 121 cm³/mol. The Labute approximate surface area is 185 Å². The zero-order valence-corrected chi connectivity index (χ0v) is 17.5. The third kappa shape index (κ3) is 3.24. The minimum Gasteiger partial charge on any atom is -0.497 e. The molecule has 2 heterocycles. The van der Waals surface area contributed by atoms with Gasteiger partial charge in [-0.2, -0.15) is 0 Å².